The highest BCUT2D eigenvalue weighted by atomic mass is 16.1. The highest BCUT2D eigenvalue weighted by molar-refractivity contribution is 5.99. The van der Waals surface area contributed by atoms with E-state index in [9.17, 15) is 9.59 Å². The lowest BCUT2D eigenvalue weighted by atomic mass is 9.66. The Kier molecular flexibility index (Phi) is 7.79. The van der Waals surface area contributed by atoms with Gasteiger partial charge in [0, 0.05) is 42.8 Å². The van der Waals surface area contributed by atoms with Gasteiger partial charge in [-0.2, -0.15) is 0 Å². The Labute approximate surface area is 170 Å². The summed E-state index contributed by atoms with van der Waals surface area (Å²) in [6.07, 6.45) is 6.15. The lowest BCUT2D eigenvalue weighted by Crippen LogP contribution is -2.40. The monoisotopic (exact) mass is 381 g/mol. The number of nitrogens with zero attached hydrogens (tertiary/aromatic N) is 1. The van der Waals surface area contributed by atoms with E-state index in [1.54, 1.807) is 0 Å². The third kappa shape index (κ3) is 5.67. The van der Waals surface area contributed by atoms with Gasteiger partial charge in [0.25, 0.3) is 0 Å². The number of hydrogen-bond acceptors (Lipinski definition) is 2. The van der Waals surface area contributed by atoms with Crippen molar-refractivity contribution in [3.05, 3.63) is 60.4 Å². The van der Waals surface area contributed by atoms with Crippen LogP contribution in [-0.4, -0.2) is 16.1 Å². The minimum absolute atomic E-state index is 0.0447. The van der Waals surface area contributed by atoms with Crippen molar-refractivity contribution in [3.63, 3.8) is 0 Å². The van der Waals surface area contributed by atoms with Crippen LogP contribution in [0.3, 0.4) is 0 Å². The molecule has 0 radical (unpaired) electrons. The van der Waals surface area contributed by atoms with Crippen LogP contribution in [0.2, 0.25) is 0 Å². The fourth-order valence-electron chi connectivity index (χ4n) is 4.35. The molecule has 0 aliphatic rings. The van der Waals surface area contributed by atoms with Crippen molar-refractivity contribution in [2.45, 2.75) is 60.4 Å². The van der Waals surface area contributed by atoms with Gasteiger partial charge in [0.05, 0.1) is 0 Å². The molecule has 1 heterocycles. The van der Waals surface area contributed by atoms with E-state index in [0.717, 1.165) is 12.8 Å². The van der Waals surface area contributed by atoms with Crippen molar-refractivity contribution in [1.82, 2.24) is 4.57 Å². The molecule has 0 amide bonds. The zero-order chi connectivity index (χ0) is 20.7. The molecule has 0 spiro atoms. The third-order valence-corrected chi connectivity index (χ3v) is 5.79. The summed E-state index contributed by atoms with van der Waals surface area (Å²) in [4.78, 5) is 26.7. The summed E-state index contributed by atoms with van der Waals surface area (Å²) in [5, 5.41) is 0. The summed E-state index contributed by atoms with van der Waals surface area (Å²) in [6.45, 7) is 11.3. The minimum Gasteiger partial charge on any atom is -0.354 e. The van der Waals surface area contributed by atoms with Gasteiger partial charge in [-0.1, -0.05) is 77.8 Å². The molecule has 2 rings (SSSR count). The summed E-state index contributed by atoms with van der Waals surface area (Å²) in [5.41, 5.74) is 0.557. The predicted molar refractivity (Wildman–Crippen MR) is 115 cm³/mol. The van der Waals surface area contributed by atoms with Gasteiger partial charge in [-0.3, -0.25) is 9.59 Å². The standard InChI is InChI=1S/C25H35NO2/c1-6-19(7-2)23(25(3,4)5)24(28)21(18-26-15-11-12-16-26)17-22(27)20-13-9-8-10-14-20/h8-16,19,21,23H,6-7,17-18H2,1-5H3. The maximum absolute atomic E-state index is 13.8. The fourth-order valence-corrected chi connectivity index (χ4v) is 4.35. The second-order valence-corrected chi connectivity index (χ2v) is 8.89. The van der Waals surface area contributed by atoms with E-state index in [1.807, 2.05) is 59.4 Å². The molecule has 2 atom stereocenters. The SMILES string of the molecule is CCC(CC)C(C(=O)C(CC(=O)c1ccccc1)Cn1cccc1)C(C)(C)C. The highest BCUT2D eigenvalue weighted by Crippen LogP contribution is 2.39. The van der Waals surface area contributed by atoms with Crippen LogP contribution in [0.4, 0.5) is 0 Å². The maximum atomic E-state index is 13.8. The zero-order valence-corrected chi connectivity index (χ0v) is 18.0. The maximum Gasteiger partial charge on any atom is 0.163 e. The smallest absolute Gasteiger partial charge is 0.163 e. The third-order valence-electron chi connectivity index (χ3n) is 5.79. The van der Waals surface area contributed by atoms with E-state index in [2.05, 4.69) is 34.6 Å². The van der Waals surface area contributed by atoms with Crippen LogP contribution in [0.25, 0.3) is 0 Å². The summed E-state index contributed by atoms with van der Waals surface area (Å²) in [7, 11) is 0. The number of rotatable bonds is 10. The number of benzene rings is 1. The van der Waals surface area contributed by atoms with Crippen molar-refractivity contribution in [2.24, 2.45) is 23.2 Å². The molecule has 2 aromatic rings. The first kappa shape index (κ1) is 22.1. The van der Waals surface area contributed by atoms with E-state index in [0.29, 0.717) is 18.0 Å². The molecule has 0 saturated heterocycles. The number of carbonyl (C=O) groups is 2. The number of hydrogen-bond donors (Lipinski definition) is 0. The topological polar surface area (TPSA) is 39.1 Å². The molecule has 0 aliphatic heterocycles. The molecule has 1 aromatic heterocycles. The Morgan fingerprint density at radius 1 is 0.929 bits per heavy atom. The van der Waals surface area contributed by atoms with E-state index in [1.165, 1.54) is 0 Å². The Morgan fingerprint density at radius 2 is 1.50 bits per heavy atom. The summed E-state index contributed by atoms with van der Waals surface area (Å²) in [6, 6.07) is 13.2. The average molecular weight is 382 g/mol. The fraction of sp³-hybridized carbons (Fsp3) is 0.520. The van der Waals surface area contributed by atoms with Crippen LogP contribution in [0, 0.1) is 23.2 Å². The molecule has 1 aromatic carbocycles. The van der Waals surface area contributed by atoms with Gasteiger partial charge in [0.15, 0.2) is 5.78 Å². The van der Waals surface area contributed by atoms with Crippen molar-refractivity contribution < 1.29 is 9.59 Å². The van der Waals surface area contributed by atoms with Gasteiger partial charge >= 0.3 is 0 Å². The van der Waals surface area contributed by atoms with E-state index in [-0.39, 0.29) is 35.2 Å². The van der Waals surface area contributed by atoms with Crippen LogP contribution in [-0.2, 0) is 11.3 Å². The quantitative estimate of drug-likeness (QED) is 0.470. The summed E-state index contributed by atoms with van der Waals surface area (Å²) < 4.78 is 2.02. The second kappa shape index (κ2) is 9.86. The van der Waals surface area contributed by atoms with Crippen molar-refractivity contribution in [3.8, 4) is 0 Å². The molecule has 0 bridgehead atoms. The number of carbonyl (C=O) groups excluding carboxylic acids is 2. The van der Waals surface area contributed by atoms with Crippen LogP contribution in [0.5, 0.6) is 0 Å². The second-order valence-electron chi connectivity index (χ2n) is 8.89. The Morgan fingerprint density at radius 3 is 2.00 bits per heavy atom. The Bertz CT molecular complexity index is 737. The molecule has 3 heteroatoms. The van der Waals surface area contributed by atoms with Crippen molar-refractivity contribution >= 4 is 11.6 Å². The first-order valence-corrected chi connectivity index (χ1v) is 10.5. The Hall–Kier alpha value is -2.16. The molecule has 28 heavy (non-hydrogen) atoms. The normalized spacial score (nSPS) is 14.1. The molecule has 0 N–H and O–H groups in total. The summed E-state index contributed by atoms with van der Waals surface area (Å²) in [5.74, 6) is 0.255. The number of Topliss-reactive ketones (excluding diaryl/α,β-unsaturated/α-hetero) is 2. The molecule has 2 unspecified atom stereocenters. The molecule has 0 aliphatic carbocycles. The van der Waals surface area contributed by atoms with Crippen molar-refractivity contribution in [2.75, 3.05) is 0 Å². The lowest BCUT2D eigenvalue weighted by molar-refractivity contribution is -0.133. The molecule has 0 saturated carbocycles. The van der Waals surface area contributed by atoms with Crippen LogP contribution >= 0.6 is 0 Å². The van der Waals surface area contributed by atoms with Crippen LogP contribution in [0.1, 0.15) is 64.2 Å². The van der Waals surface area contributed by atoms with E-state index >= 15 is 0 Å². The average Bonchev–Trinajstić information content (AvgIpc) is 3.17. The Balaban J connectivity index is 2.33. The minimum atomic E-state index is -0.315. The van der Waals surface area contributed by atoms with Gasteiger partial charge in [-0.25, -0.2) is 0 Å². The first-order valence-electron chi connectivity index (χ1n) is 10.5. The zero-order valence-electron chi connectivity index (χ0n) is 18.0. The van der Waals surface area contributed by atoms with Crippen LogP contribution < -0.4 is 0 Å². The van der Waals surface area contributed by atoms with E-state index < -0.39 is 0 Å². The van der Waals surface area contributed by atoms with E-state index in [4.69, 9.17) is 0 Å². The van der Waals surface area contributed by atoms with Crippen molar-refractivity contribution in [1.29, 1.82) is 0 Å². The summed E-state index contributed by atoms with van der Waals surface area (Å²) >= 11 is 0. The number of ketones is 2. The number of aromatic nitrogens is 1. The largest absolute Gasteiger partial charge is 0.354 e. The van der Waals surface area contributed by atoms with Gasteiger partial charge in [0.2, 0.25) is 0 Å². The predicted octanol–water partition coefficient (Wildman–Crippen LogP) is 6.04. The molecule has 0 fully saturated rings. The van der Waals surface area contributed by atoms with Crippen LogP contribution in [0.15, 0.2) is 54.9 Å². The van der Waals surface area contributed by atoms with Gasteiger partial charge < -0.3 is 4.57 Å². The van der Waals surface area contributed by atoms with Gasteiger partial charge in [0.1, 0.15) is 5.78 Å². The molecule has 152 valence electrons. The lowest BCUT2D eigenvalue weighted by Gasteiger charge is -2.37. The first-order chi connectivity index (χ1) is 13.3. The van der Waals surface area contributed by atoms with Gasteiger partial charge in [-0.05, 0) is 23.5 Å². The molecular weight excluding hydrogens is 346 g/mol. The molecule has 3 nitrogen and oxygen atoms in total. The molecular formula is C25H35NO2. The van der Waals surface area contributed by atoms with Gasteiger partial charge in [-0.15, -0.1) is 0 Å². The highest BCUT2D eigenvalue weighted by Gasteiger charge is 2.40.